The average molecular weight is 444 g/mol. The molecule has 24 heavy (non-hydrogen) atoms. The Morgan fingerprint density at radius 2 is 1.79 bits per heavy atom. The van der Waals surface area contributed by atoms with Gasteiger partial charge in [0.1, 0.15) is 0 Å². The first-order valence-electron chi connectivity index (χ1n) is 8.30. The Labute approximate surface area is 162 Å². The van der Waals surface area contributed by atoms with Crippen molar-refractivity contribution in [2.24, 2.45) is 16.8 Å². The van der Waals surface area contributed by atoms with Crippen molar-refractivity contribution < 1.29 is 4.79 Å². The Balaban J connectivity index is 0.00000288. The van der Waals surface area contributed by atoms with Crippen LogP contribution in [0.4, 0.5) is 0 Å². The fourth-order valence-electron chi connectivity index (χ4n) is 3.27. The van der Waals surface area contributed by atoms with Crippen LogP contribution in [0.25, 0.3) is 0 Å². The second kappa shape index (κ2) is 9.86. The molecule has 134 valence electrons. The number of nitrogens with zero attached hydrogens (tertiary/aromatic N) is 2. The molecular formula is C18H29IN4O. The van der Waals surface area contributed by atoms with E-state index >= 15 is 0 Å². The lowest BCUT2D eigenvalue weighted by molar-refractivity contribution is 0.0963. The third kappa shape index (κ3) is 5.65. The molecule has 0 spiro atoms. The van der Waals surface area contributed by atoms with Crippen LogP contribution in [-0.2, 0) is 6.54 Å². The SMILES string of the molecule is CN=C(NCc1ccc(C(=O)NC)cc1)N1CC(C)CC(C)C1.I. The van der Waals surface area contributed by atoms with E-state index in [2.05, 4.69) is 34.4 Å². The molecule has 1 aromatic carbocycles. The van der Waals surface area contributed by atoms with E-state index in [1.54, 1.807) is 7.05 Å². The van der Waals surface area contributed by atoms with Crippen molar-refractivity contribution in [1.29, 1.82) is 0 Å². The first kappa shape index (κ1) is 20.7. The minimum Gasteiger partial charge on any atom is -0.355 e. The molecule has 2 rings (SSSR count). The average Bonchev–Trinajstić information content (AvgIpc) is 2.54. The largest absolute Gasteiger partial charge is 0.355 e. The number of guanidine groups is 1. The monoisotopic (exact) mass is 444 g/mol. The standard InChI is InChI=1S/C18H28N4O.HI/c1-13-9-14(2)12-22(11-13)18(20-4)21-10-15-5-7-16(8-6-15)17(23)19-3;/h5-8,13-14H,9-12H2,1-4H3,(H,19,23)(H,20,21);1H. The van der Waals surface area contributed by atoms with Gasteiger partial charge in [-0.2, -0.15) is 0 Å². The van der Waals surface area contributed by atoms with Crippen LogP contribution in [0.2, 0.25) is 0 Å². The summed E-state index contributed by atoms with van der Waals surface area (Å²) in [5, 5.41) is 6.07. The summed E-state index contributed by atoms with van der Waals surface area (Å²) in [7, 11) is 3.48. The first-order valence-corrected chi connectivity index (χ1v) is 8.30. The Bertz CT molecular complexity index is 549. The van der Waals surface area contributed by atoms with E-state index in [-0.39, 0.29) is 29.9 Å². The lowest BCUT2D eigenvalue weighted by atomic mass is 9.92. The number of hydrogen-bond donors (Lipinski definition) is 2. The minimum absolute atomic E-state index is 0. The molecule has 1 saturated heterocycles. The van der Waals surface area contributed by atoms with Crippen molar-refractivity contribution in [2.45, 2.75) is 26.8 Å². The van der Waals surface area contributed by atoms with Crippen LogP contribution in [0.5, 0.6) is 0 Å². The molecule has 0 aromatic heterocycles. The van der Waals surface area contributed by atoms with Gasteiger partial charge in [-0.15, -0.1) is 24.0 Å². The molecule has 2 N–H and O–H groups in total. The number of likely N-dealkylation sites (tertiary alicyclic amines) is 1. The number of rotatable bonds is 3. The van der Waals surface area contributed by atoms with Crippen LogP contribution in [-0.4, -0.2) is 44.0 Å². The topological polar surface area (TPSA) is 56.7 Å². The normalized spacial score (nSPS) is 21.0. The molecular weight excluding hydrogens is 415 g/mol. The van der Waals surface area contributed by atoms with Gasteiger partial charge in [0.25, 0.3) is 5.91 Å². The third-order valence-electron chi connectivity index (χ3n) is 4.27. The van der Waals surface area contributed by atoms with E-state index in [0.29, 0.717) is 23.9 Å². The fourth-order valence-corrected chi connectivity index (χ4v) is 3.27. The van der Waals surface area contributed by atoms with E-state index < -0.39 is 0 Å². The van der Waals surface area contributed by atoms with Crippen molar-refractivity contribution >= 4 is 35.8 Å². The molecule has 1 aromatic rings. The summed E-state index contributed by atoms with van der Waals surface area (Å²) in [6.07, 6.45) is 1.29. The molecule has 2 unspecified atom stereocenters. The summed E-state index contributed by atoms with van der Waals surface area (Å²) < 4.78 is 0. The molecule has 0 aliphatic carbocycles. The number of halogens is 1. The molecule has 6 heteroatoms. The molecule has 0 saturated carbocycles. The van der Waals surface area contributed by atoms with Crippen molar-refractivity contribution in [3.63, 3.8) is 0 Å². The zero-order chi connectivity index (χ0) is 16.8. The number of carbonyl (C=O) groups is 1. The number of hydrogen-bond acceptors (Lipinski definition) is 2. The van der Waals surface area contributed by atoms with Crippen molar-refractivity contribution in [1.82, 2.24) is 15.5 Å². The second-order valence-electron chi connectivity index (χ2n) is 6.53. The summed E-state index contributed by atoms with van der Waals surface area (Å²) in [5.41, 5.74) is 1.82. The molecule has 1 aliphatic heterocycles. The Kier molecular flexibility index (Phi) is 8.52. The van der Waals surface area contributed by atoms with Crippen molar-refractivity contribution in [2.75, 3.05) is 27.2 Å². The van der Waals surface area contributed by atoms with Crippen LogP contribution >= 0.6 is 24.0 Å². The molecule has 2 atom stereocenters. The highest BCUT2D eigenvalue weighted by atomic mass is 127. The zero-order valence-electron chi connectivity index (χ0n) is 15.0. The Morgan fingerprint density at radius 3 is 2.29 bits per heavy atom. The number of nitrogens with one attached hydrogen (secondary N) is 2. The van der Waals surface area contributed by atoms with Gasteiger partial charge in [0.15, 0.2) is 5.96 Å². The smallest absolute Gasteiger partial charge is 0.251 e. The van der Waals surface area contributed by atoms with Gasteiger partial charge in [0, 0.05) is 39.3 Å². The lowest BCUT2D eigenvalue weighted by Crippen LogP contribution is -2.48. The van der Waals surface area contributed by atoms with E-state index in [1.165, 1.54) is 6.42 Å². The van der Waals surface area contributed by atoms with Crippen LogP contribution in [0.3, 0.4) is 0 Å². The summed E-state index contributed by atoms with van der Waals surface area (Å²) >= 11 is 0. The number of amides is 1. The summed E-state index contributed by atoms with van der Waals surface area (Å²) in [6, 6.07) is 7.66. The predicted molar refractivity (Wildman–Crippen MR) is 110 cm³/mol. The van der Waals surface area contributed by atoms with E-state index in [0.717, 1.165) is 24.6 Å². The number of piperidine rings is 1. The van der Waals surface area contributed by atoms with E-state index in [4.69, 9.17) is 0 Å². The van der Waals surface area contributed by atoms with Gasteiger partial charge in [-0.3, -0.25) is 9.79 Å². The van der Waals surface area contributed by atoms with E-state index in [1.807, 2.05) is 31.3 Å². The van der Waals surface area contributed by atoms with Gasteiger partial charge in [0.05, 0.1) is 0 Å². The van der Waals surface area contributed by atoms with Crippen LogP contribution < -0.4 is 10.6 Å². The van der Waals surface area contributed by atoms with Crippen LogP contribution in [0.1, 0.15) is 36.2 Å². The van der Waals surface area contributed by atoms with Crippen LogP contribution in [0, 0.1) is 11.8 Å². The maximum absolute atomic E-state index is 11.6. The maximum Gasteiger partial charge on any atom is 0.251 e. The number of carbonyl (C=O) groups excluding carboxylic acids is 1. The molecule has 1 fully saturated rings. The fraction of sp³-hybridized carbons (Fsp3) is 0.556. The van der Waals surface area contributed by atoms with Gasteiger partial charge in [-0.1, -0.05) is 26.0 Å². The molecule has 1 aliphatic rings. The van der Waals surface area contributed by atoms with Crippen LogP contribution in [0.15, 0.2) is 29.3 Å². The number of benzene rings is 1. The predicted octanol–water partition coefficient (Wildman–Crippen LogP) is 2.72. The highest BCUT2D eigenvalue weighted by molar-refractivity contribution is 14.0. The van der Waals surface area contributed by atoms with Crippen molar-refractivity contribution in [3.05, 3.63) is 35.4 Å². The van der Waals surface area contributed by atoms with Gasteiger partial charge in [-0.25, -0.2) is 0 Å². The molecule has 1 heterocycles. The number of aliphatic imine (C=N–C) groups is 1. The Hall–Kier alpha value is -1.31. The van der Waals surface area contributed by atoms with E-state index in [9.17, 15) is 4.79 Å². The summed E-state index contributed by atoms with van der Waals surface area (Å²) in [5.74, 6) is 2.30. The zero-order valence-corrected chi connectivity index (χ0v) is 17.3. The summed E-state index contributed by atoms with van der Waals surface area (Å²) in [6.45, 7) is 7.42. The quantitative estimate of drug-likeness (QED) is 0.428. The molecule has 1 amide bonds. The first-order chi connectivity index (χ1) is 11.0. The van der Waals surface area contributed by atoms with Gasteiger partial charge < -0.3 is 15.5 Å². The molecule has 0 radical (unpaired) electrons. The maximum atomic E-state index is 11.6. The third-order valence-corrected chi connectivity index (χ3v) is 4.27. The molecule has 0 bridgehead atoms. The van der Waals surface area contributed by atoms with Gasteiger partial charge in [0.2, 0.25) is 0 Å². The molecule has 5 nitrogen and oxygen atoms in total. The lowest BCUT2D eigenvalue weighted by Gasteiger charge is -2.37. The Morgan fingerprint density at radius 1 is 1.21 bits per heavy atom. The highest BCUT2D eigenvalue weighted by Crippen LogP contribution is 2.20. The van der Waals surface area contributed by atoms with Gasteiger partial charge >= 0.3 is 0 Å². The second-order valence-corrected chi connectivity index (χ2v) is 6.53. The van der Waals surface area contributed by atoms with Crippen molar-refractivity contribution in [3.8, 4) is 0 Å². The highest BCUT2D eigenvalue weighted by Gasteiger charge is 2.23. The van der Waals surface area contributed by atoms with Gasteiger partial charge in [-0.05, 0) is 36.0 Å². The summed E-state index contributed by atoms with van der Waals surface area (Å²) in [4.78, 5) is 18.3. The minimum atomic E-state index is -0.0587.